The van der Waals surface area contributed by atoms with Gasteiger partial charge >= 0.3 is 0 Å². The van der Waals surface area contributed by atoms with Gasteiger partial charge in [0.05, 0.1) is 0 Å². The minimum absolute atomic E-state index is 0.352. The van der Waals surface area contributed by atoms with E-state index in [4.69, 9.17) is 0 Å². The normalized spacial score (nSPS) is 20.1. The van der Waals surface area contributed by atoms with Gasteiger partial charge in [-0.05, 0) is 29.9 Å². The van der Waals surface area contributed by atoms with Crippen molar-refractivity contribution in [1.29, 1.82) is 0 Å². The molecule has 0 radical (unpaired) electrons. The summed E-state index contributed by atoms with van der Waals surface area (Å²) in [7, 11) is 0. The molecule has 16 heavy (non-hydrogen) atoms. The van der Waals surface area contributed by atoms with Crippen LogP contribution in [0.2, 0.25) is 0 Å². The Bertz CT molecular complexity index is 382. The van der Waals surface area contributed by atoms with Gasteiger partial charge in [-0.2, -0.15) is 0 Å². The summed E-state index contributed by atoms with van der Waals surface area (Å²) in [6.07, 6.45) is 2.13. The molecule has 2 rings (SSSR count). The van der Waals surface area contributed by atoms with Gasteiger partial charge in [0, 0.05) is 27.3 Å². The van der Waals surface area contributed by atoms with Crippen molar-refractivity contribution in [3.8, 4) is 0 Å². The van der Waals surface area contributed by atoms with Crippen LogP contribution in [0.25, 0.3) is 0 Å². The maximum absolute atomic E-state index is 3.54. The van der Waals surface area contributed by atoms with E-state index in [0.717, 1.165) is 6.54 Å². The number of benzene rings is 1. The lowest BCUT2D eigenvalue weighted by Crippen LogP contribution is -2.32. The molecular formula is C13H19NS2. The highest BCUT2D eigenvalue weighted by Crippen LogP contribution is 2.43. The summed E-state index contributed by atoms with van der Waals surface area (Å²) in [6, 6.07) is 6.69. The van der Waals surface area contributed by atoms with Gasteiger partial charge in [-0.25, -0.2) is 0 Å². The number of fused-ring (bicyclic) bond motifs is 1. The van der Waals surface area contributed by atoms with E-state index in [1.165, 1.54) is 15.5 Å². The van der Waals surface area contributed by atoms with Gasteiger partial charge in [0.2, 0.25) is 0 Å². The zero-order chi connectivity index (χ0) is 11.8. The predicted molar refractivity (Wildman–Crippen MR) is 75.8 cm³/mol. The summed E-state index contributed by atoms with van der Waals surface area (Å²) < 4.78 is 0. The first kappa shape index (κ1) is 12.2. The number of thioether (sulfide) groups is 2. The molecule has 0 bridgehead atoms. The lowest BCUT2D eigenvalue weighted by molar-refractivity contribution is 0.401. The van der Waals surface area contributed by atoms with E-state index in [-0.39, 0.29) is 0 Å². The van der Waals surface area contributed by atoms with Crippen molar-refractivity contribution in [2.45, 2.75) is 35.8 Å². The highest BCUT2D eigenvalue weighted by molar-refractivity contribution is 8.00. The van der Waals surface area contributed by atoms with Crippen LogP contribution in [-0.4, -0.2) is 18.1 Å². The minimum Gasteiger partial charge on any atom is -0.383 e. The summed E-state index contributed by atoms with van der Waals surface area (Å²) in [5, 5.41) is 4.19. The third kappa shape index (κ3) is 2.51. The van der Waals surface area contributed by atoms with Crippen LogP contribution in [0.5, 0.6) is 0 Å². The average Bonchev–Trinajstić information content (AvgIpc) is 2.26. The molecule has 1 aromatic carbocycles. The first-order valence-electron chi connectivity index (χ1n) is 5.59. The molecule has 0 fully saturated rings. The maximum Gasteiger partial charge on any atom is 0.0479 e. The van der Waals surface area contributed by atoms with Crippen LogP contribution in [0.4, 0.5) is 5.69 Å². The molecule has 1 nitrogen and oxygen atoms in total. The van der Waals surface area contributed by atoms with Crippen LogP contribution < -0.4 is 5.32 Å². The molecule has 1 atom stereocenters. The molecule has 88 valence electrons. The van der Waals surface area contributed by atoms with Crippen LogP contribution in [-0.2, 0) is 0 Å². The summed E-state index contributed by atoms with van der Waals surface area (Å²) in [5.74, 6) is 0. The first-order valence-corrected chi connectivity index (χ1v) is 7.70. The van der Waals surface area contributed by atoms with Crippen LogP contribution in [0.15, 0.2) is 28.0 Å². The van der Waals surface area contributed by atoms with E-state index in [0.29, 0.717) is 10.7 Å². The van der Waals surface area contributed by atoms with Gasteiger partial charge in [0.15, 0.2) is 0 Å². The molecule has 1 unspecified atom stereocenters. The van der Waals surface area contributed by atoms with Gasteiger partial charge in [-0.3, -0.25) is 0 Å². The molecule has 0 spiro atoms. The molecule has 1 N–H and O–H groups in total. The molecule has 0 amide bonds. The van der Waals surface area contributed by atoms with Gasteiger partial charge in [-0.1, -0.05) is 20.8 Å². The smallest absolute Gasteiger partial charge is 0.0479 e. The molecule has 1 heterocycles. The maximum atomic E-state index is 3.54. The van der Waals surface area contributed by atoms with Crippen LogP contribution in [0.3, 0.4) is 0 Å². The zero-order valence-corrected chi connectivity index (χ0v) is 12.0. The van der Waals surface area contributed by atoms with E-state index in [1.54, 1.807) is 0 Å². The number of hydrogen-bond donors (Lipinski definition) is 1. The predicted octanol–water partition coefficient (Wildman–Crippen LogP) is 4.34. The quantitative estimate of drug-likeness (QED) is 0.748. The Morgan fingerprint density at radius 3 is 2.75 bits per heavy atom. The Balaban J connectivity index is 2.25. The van der Waals surface area contributed by atoms with E-state index in [1.807, 2.05) is 23.5 Å². The van der Waals surface area contributed by atoms with E-state index in [9.17, 15) is 0 Å². The Labute approximate surface area is 107 Å². The summed E-state index contributed by atoms with van der Waals surface area (Å²) in [6.45, 7) is 8.01. The zero-order valence-electron chi connectivity index (χ0n) is 10.3. The highest BCUT2D eigenvalue weighted by atomic mass is 32.2. The van der Waals surface area contributed by atoms with E-state index >= 15 is 0 Å². The molecule has 0 aliphatic carbocycles. The largest absolute Gasteiger partial charge is 0.383 e. The molecule has 0 saturated heterocycles. The fourth-order valence-corrected chi connectivity index (χ4v) is 3.56. The van der Waals surface area contributed by atoms with Crippen LogP contribution in [0.1, 0.15) is 20.8 Å². The van der Waals surface area contributed by atoms with Crippen LogP contribution >= 0.6 is 23.5 Å². The lowest BCUT2D eigenvalue weighted by Gasteiger charge is -2.35. The van der Waals surface area contributed by atoms with Crippen molar-refractivity contribution in [2.75, 3.05) is 18.1 Å². The molecule has 1 aromatic rings. The van der Waals surface area contributed by atoms with Crippen molar-refractivity contribution >= 4 is 29.2 Å². The van der Waals surface area contributed by atoms with E-state index in [2.05, 4.69) is 50.5 Å². The number of rotatable bonds is 1. The van der Waals surface area contributed by atoms with Crippen molar-refractivity contribution < 1.29 is 0 Å². The van der Waals surface area contributed by atoms with E-state index < -0.39 is 0 Å². The Kier molecular flexibility index (Phi) is 3.45. The van der Waals surface area contributed by atoms with Gasteiger partial charge in [-0.15, -0.1) is 23.5 Å². The van der Waals surface area contributed by atoms with Crippen molar-refractivity contribution in [1.82, 2.24) is 0 Å². The third-order valence-corrected chi connectivity index (χ3v) is 5.38. The van der Waals surface area contributed by atoms with Gasteiger partial charge < -0.3 is 5.32 Å². The summed E-state index contributed by atoms with van der Waals surface area (Å²) >= 11 is 3.83. The first-order chi connectivity index (χ1) is 7.50. The molecular weight excluding hydrogens is 234 g/mol. The molecule has 0 aromatic heterocycles. The Morgan fingerprint density at radius 2 is 2.12 bits per heavy atom. The van der Waals surface area contributed by atoms with Crippen molar-refractivity contribution in [3.05, 3.63) is 18.2 Å². The Morgan fingerprint density at radius 1 is 1.38 bits per heavy atom. The Hall–Kier alpha value is -0.280. The highest BCUT2D eigenvalue weighted by Gasteiger charge is 2.29. The molecule has 0 saturated carbocycles. The fourth-order valence-electron chi connectivity index (χ4n) is 1.75. The second-order valence-corrected chi connectivity index (χ2v) is 7.34. The fraction of sp³-hybridized carbons (Fsp3) is 0.538. The SMILES string of the molecule is CSc1ccc2c(c1)SC(C(C)(C)C)CN2. The summed E-state index contributed by atoms with van der Waals surface area (Å²) in [4.78, 5) is 2.75. The summed E-state index contributed by atoms with van der Waals surface area (Å²) in [5.41, 5.74) is 1.65. The average molecular weight is 253 g/mol. The standard InChI is InChI=1S/C13H19NS2/c1-13(2,3)12-8-14-10-6-5-9(15-4)7-11(10)16-12/h5-7,12,14H,8H2,1-4H3. The second-order valence-electron chi connectivity index (χ2n) is 5.22. The van der Waals surface area contributed by atoms with Crippen LogP contribution in [0, 0.1) is 5.41 Å². The second kappa shape index (κ2) is 4.53. The van der Waals surface area contributed by atoms with Gasteiger partial charge in [0.1, 0.15) is 0 Å². The lowest BCUT2D eigenvalue weighted by atomic mass is 9.91. The molecule has 3 heteroatoms. The number of hydrogen-bond acceptors (Lipinski definition) is 3. The number of anilines is 1. The minimum atomic E-state index is 0.352. The van der Waals surface area contributed by atoms with Gasteiger partial charge in [0.25, 0.3) is 0 Å². The monoisotopic (exact) mass is 253 g/mol. The van der Waals surface area contributed by atoms with Crippen molar-refractivity contribution in [3.63, 3.8) is 0 Å². The molecule has 1 aliphatic rings. The third-order valence-electron chi connectivity index (χ3n) is 2.90. The topological polar surface area (TPSA) is 12.0 Å². The number of nitrogens with one attached hydrogen (secondary N) is 1. The van der Waals surface area contributed by atoms with Crippen molar-refractivity contribution in [2.24, 2.45) is 5.41 Å². The molecule has 1 aliphatic heterocycles.